The van der Waals surface area contributed by atoms with Gasteiger partial charge in [0.05, 0.1) is 0 Å². The van der Waals surface area contributed by atoms with Crippen molar-refractivity contribution in [2.24, 2.45) is 0 Å². The summed E-state index contributed by atoms with van der Waals surface area (Å²) in [7, 11) is 4.90. The number of hydrogen-bond donors (Lipinski definition) is 1. The molecule has 0 radical (unpaired) electrons. The number of aromatic amines is 1. The van der Waals surface area contributed by atoms with Crippen molar-refractivity contribution in [3.8, 4) is 11.3 Å². The highest BCUT2D eigenvalue weighted by molar-refractivity contribution is 8.76. The van der Waals surface area contributed by atoms with Crippen molar-refractivity contribution in [1.29, 1.82) is 0 Å². The second-order valence-electron chi connectivity index (χ2n) is 9.42. The Morgan fingerprint density at radius 1 is 1.18 bits per heavy atom. The molecule has 6 nitrogen and oxygen atoms in total. The number of pyridine rings is 1. The number of rotatable bonds is 8. The van der Waals surface area contributed by atoms with Gasteiger partial charge in [-0.25, -0.2) is 14.2 Å². The number of nitrogens with zero attached hydrogens (tertiary/aromatic N) is 2. The van der Waals surface area contributed by atoms with Crippen LogP contribution in [0.15, 0.2) is 65.8 Å². The molecule has 1 atom stereocenters. The van der Waals surface area contributed by atoms with E-state index in [4.69, 9.17) is 4.74 Å². The third kappa shape index (κ3) is 5.89. The predicted molar refractivity (Wildman–Crippen MR) is 151 cm³/mol. The number of benzene rings is 2. The molecule has 1 amide bonds. The summed E-state index contributed by atoms with van der Waals surface area (Å²) in [5.41, 5.74) is 5.01. The largest absolute Gasteiger partial charge is 0.448 e. The fraction of sp³-hybridized carbons (Fsp3) is 0.276. The monoisotopic (exact) mass is 549 g/mol. The third-order valence-corrected chi connectivity index (χ3v) is 9.21. The molecule has 0 saturated heterocycles. The first-order valence-corrected chi connectivity index (χ1v) is 14.7. The number of carbonyl (C=O) groups is 2. The van der Waals surface area contributed by atoms with Crippen LogP contribution in [0.25, 0.3) is 22.2 Å². The minimum atomic E-state index is -0.410. The lowest BCUT2D eigenvalue weighted by Crippen LogP contribution is -2.28. The van der Waals surface area contributed by atoms with Crippen LogP contribution in [0.5, 0.6) is 0 Å². The fourth-order valence-electron chi connectivity index (χ4n) is 4.61. The maximum atomic E-state index is 14.2. The van der Waals surface area contributed by atoms with Crippen molar-refractivity contribution in [2.45, 2.75) is 43.0 Å². The molecule has 2 heterocycles. The summed E-state index contributed by atoms with van der Waals surface area (Å²) < 4.78 is 19.7. The summed E-state index contributed by atoms with van der Waals surface area (Å²) in [5.74, 6) is -0.420. The molecule has 38 heavy (non-hydrogen) atoms. The molecule has 196 valence electrons. The molecule has 2 aromatic heterocycles. The van der Waals surface area contributed by atoms with E-state index >= 15 is 0 Å². The van der Waals surface area contributed by atoms with E-state index in [-0.39, 0.29) is 17.1 Å². The molecule has 5 rings (SSSR count). The molecule has 1 aliphatic carbocycles. The van der Waals surface area contributed by atoms with Crippen LogP contribution in [0.4, 0.5) is 9.18 Å². The zero-order chi connectivity index (χ0) is 26.6. The first-order valence-electron chi connectivity index (χ1n) is 12.5. The Kier molecular flexibility index (Phi) is 8.04. The first-order chi connectivity index (χ1) is 18.4. The van der Waals surface area contributed by atoms with E-state index in [9.17, 15) is 14.0 Å². The number of ether oxygens (including phenoxy) is 1. The van der Waals surface area contributed by atoms with Gasteiger partial charge in [-0.05, 0) is 71.5 Å². The minimum absolute atomic E-state index is 0.0102. The highest BCUT2D eigenvalue weighted by Gasteiger charge is 2.23. The quantitative estimate of drug-likeness (QED) is 0.233. The number of nitrogens with one attached hydrogen (secondary N) is 1. The van der Waals surface area contributed by atoms with Crippen molar-refractivity contribution in [3.63, 3.8) is 0 Å². The van der Waals surface area contributed by atoms with Crippen LogP contribution in [-0.2, 0) is 17.7 Å². The van der Waals surface area contributed by atoms with Gasteiger partial charge >= 0.3 is 6.09 Å². The number of amides is 1. The van der Waals surface area contributed by atoms with Crippen molar-refractivity contribution in [2.75, 3.05) is 13.7 Å². The average Bonchev–Trinajstić information content (AvgIpc) is 3.19. The van der Waals surface area contributed by atoms with Crippen molar-refractivity contribution < 1.29 is 18.7 Å². The van der Waals surface area contributed by atoms with Gasteiger partial charge in [0.25, 0.3) is 0 Å². The first kappa shape index (κ1) is 26.3. The Balaban J connectivity index is 1.21. The van der Waals surface area contributed by atoms with Crippen molar-refractivity contribution in [3.05, 3.63) is 83.3 Å². The Bertz CT molecular complexity index is 1460. The number of hydrogen-bond acceptors (Lipinski definition) is 6. The molecular weight excluding hydrogens is 521 g/mol. The lowest BCUT2D eigenvalue weighted by atomic mass is 9.99. The summed E-state index contributed by atoms with van der Waals surface area (Å²) in [4.78, 5) is 34.2. The maximum Gasteiger partial charge on any atom is 0.409 e. The number of aryl methyl sites for hydroxylation is 1. The van der Waals surface area contributed by atoms with Gasteiger partial charge in [-0.3, -0.25) is 4.79 Å². The summed E-state index contributed by atoms with van der Waals surface area (Å²) in [6.07, 6.45) is 3.30. The second kappa shape index (κ2) is 11.6. The van der Waals surface area contributed by atoms with Crippen LogP contribution in [-0.4, -0.2) is 45.6 Å². The van der Waals surface area contributed by atoms with Crippen LogP contribution in [0.1, 0.15) is 41.3 Å². The van der Waals surface area contributed by atoms with Gasteiger partial charge in [0.15, 0.2) is 5.78 Å². The molecule has 1 N–H and O–H groups in total. The van der Waals surface area contributed by atoms with Gasteiger partial charge in [0, 0.05) is 53.6 Å². The molecule has 0 spiro atoms. The Hall–Kier alpha value is -3.30. The molecule has 4 aromatic rings. The fourth-order valence-corrected chi connectivity index (χ4v) is 6.49. The summed E-state index contributed by atoms with van der Waals surface area (Å²) in [5, 5.41) is 1.87. The van der Waals surface area contributed by atoms with Gasteiger partial charge in [-0.1, -0.05) is 41.1 Å². The van der Waals surface area contributed by atoms with Crippen LogP contribution in [0.3, 0.4) is 0 Å². The lowest BCUT2D eigenvalue weighted by Gasteiger charge is -2.19. The van der Waals surface area contributed by atoms with Crippen molar-refractivity contribution in [1.82, 2.24) is 14.9 Å². The molecular formula is C29H28FN3O3S2. The summed E-state index contributed by atoms with van der Waals surface area (Å²) >= 11 is 0. The highest BCUT2D eigenvalue weighted by atomic mass is 33.1. The molecule has 0 fully saturated rings. The molecule has 0 unspecified atom stereocenters. The SMILES string of the molecule is C[C@H](COC(=O)N(C)Cc1ccc(-c2[nH]c3cc(F)cc4c3c2CCCC4=O)cc1)SSc1ccccn1. The van der Waals surface area contributed by atoms with Gasteiger partial charge < -0.3 is 14.6 Å². The number of ketones is 1. The molecule has 2 aromatic carbocycles. The van der Waals surface area contributed by atoms with E-state index in [1.54, 1.807) is 39.7 Å². The third-order valence-electron chi connectivity index (χ3n) is 6.45. The van der Waals surface area contributed by atoms with E-state index in [0.29, 0.717) is 30.7 Å². The zero-order valence-electron chi connectivity index (χ0n) is 21.2. The molecule has 1 aliphatic rings. The minimum Gasteiger partial charge on any atom is -0.448 e. The summed E-state index contributed by atoms with van der Waals surface area (Å²) in [6.45, 7) is 2.73. The number of Topliss-reactive ketones (excluding diaryl/α,β-unsaturated/α-hetero) is 1. The smallest absolute Gasteiger partial charge is 0.409 e. The second-order valence-corrected chi connectivity index (χ2v) is 12.1. The molecule has 9 heteroatoms. The molecule has 0 aliphatic heterocycles. The van der Waals surface area contributed by atoms with Crippen LogP contribution in [0.2, 0.25) is 0 Å². The number of halogens is 1. The Morgan fingerprint density at radius 2 is 2.00 bits per heavy atom. The van der Waals surface area contributed by atoms with Gasteiger partial charge in [-0.2, -0.15) is 0 Å². The zero-order valence-corrected chi connectivity index (χ0v) is 22.8. The van der Waals surface area contributed by atoms with Crippen molar-refractivity contribution >= 4 is 44.4 Å². The van der Waals surface area contributed by atoms with Gasteiger partial charge in [-0.15, -0.1) is 0 Å². The van der Waals surface area contributed by atoms with E-state index in [1.807, 2.05) is 49.4 Å². The van der Waals surface area contributed by atoms with Crippen LogP contribution >= 0.6 is 21.6 Å². The number of H-pyrrole nitrogens is 1. The number of aromatic nitrogens is 2. The topological polar surface area (TPSA) is 75.3 Å². The molecule has 0 saturated carbocycles. The standard InChI is InChI=1S/C29H28FN3O3S2/c1-18(37-38-26-8-3-4-13-31-26)17-36-29(35)33(2)16-19-9-11-20(12-10-19)28-22-6-5-7-25(34)23-14-21(30)15-24(32-28)27(22)23/h3-4,8-15,18,32H,5-7,16-17H2,1-2H3/t18-/m1/s1. The van der Waals surface area contributed by atoms with E-state index in [1.165, 1.54) is 12.1 Å². The Morgan fingerprint density at radius 3 is 2.76 bits per heavy atom. The lowest BCUT2D eigenvalue weighted by molar-refractivity contribution is 0.0982. The maximum absolute atomic E-state index is 14.2. The van der Waals surface area contributed by atoms with E-state index in [2.05, 4.69) is 9.97 Å². The van der Waals surface area contributed by atoms with Crippen LogP contribution in [0, 0.1) is 5.82 Å². The van der Waals surface area contributed by atoms with E-state index in [0.717, 1.165) is 45.6 Å². The average molecular weight is 550 g/mol. The van der Waals surface area contributed by atoms with Gasteiger partial charge in [0.1, 0.15) is 17.5 Å². The Labute approximate surface area is 228 Å². The van der Waals surface area contributed by atoms with E-state index < -0.39 is 5.82 Å². The molecule has 0 bridgehead atoms. The predicted octanol–water partition coefficient (Wildman–Crippen LogP) is 7.29. The van der Waals surface area contributed by atoms with Crippen LogP contribution < -0.4 is 0 Å². The van der Waals surface area contributed by atoms with Gasteiger partial charge in [0.2, 0.25) is 0 Å². The highest BCUT2D eigenvalue weighted by Crippen LogP contribution is 2.37. The summed E-state index contributed by atoms with van der Waals surface area (Å²) in [6, 6.07) is 16.5. The number of carbonyl (C=O) groups excluding carboxylic acids is 2. The normalized spacial score (nSPS) is 13.8.